The number of benzene rings is 1. The number of nitrogens with one attached hydrogen (secondary N) is 2. The molecule has 1 aromatic rings. The van der Waals surface area contributed by atoms with Crippen molar-refractivity contribution in [3.8, 4) is 5.75 Å². The maximum atomic E-state index is 11.9. The quantitative estimate of drug-likeness (QED) is 0.476. The molecule has 140 valence electrons. The van der Waals surface area contributed by atoms with Crippen molar-refractivity contribution in [3.05, 3.63) is 24.3 Å². The van der Waals surface area contributed by atoms with Crippen LogP contribution in [-0.4, -0.2) is 49.5 Å². The van der Waals surface area contributed by atoms with Crippen LogP contribution in [0.1, 0.15) is 40.0 Å². The highest BCUT2D eigenvalue weighted by atomic mass is 16.5. The number of nitrogens with zero attached hydrogens (tertiary/aromatic N) is 1. The van der Waals surface area contributed by atoms with Crippen LogP contribution >= 0.6 is 0 Å². The molecule has 0 atom stereocenters. The van der Waals surface area contributed by atoms with Gasteiger partial charge in [-0.25, -0.2) is 0 Å². The molecule has 0 saturated heterocycles. The molecule has 0 radical (unpaired) electrons. The Hall–Kier alpha value is -2.08. The number of hydrogen-bond donors (Lipinski definition) is 2. The predicted octanol–water partition coefficient (Wildman–Crippen LogP) is 2.65. The molecule has 6 heteroatoms. The molecular formula is C19H31N3O3. The lowest BCUT2D eigenvalue weighted by atomic mass is 10.3. The second-order valence-corrected chi connectivity index (χ2v) is 5.86. The Labute approximate surface area is 150 Å². The fourth-order valence-electron chi connectivity index (χ4n) is 2.54. The normalized spacial score (nSPS) is 10.6. The zero-order valence-electron chi connectivity index (χ0n) is 15.6. The highest BCUT2D eigenvalue weighted by Gasteiger charge is 2.13. The summed E-state index contributed by atoms with van der Waals surface area (Å²) in [5.74, 6) is -0.525. The number of carbonyl (C=O) groups is 2. The summed E-state index contributed by atoms with van der Waals surface area (Å²) in [6.07, 6.45) is 3.08. The maximum Gasteiger partial charge on any atom is 0.313 e. The Morgan fingerprint density at radius 1 is 0.960 bits per heavy atom. The van der Waals surface area contributed by atoms with Gasteiger partial charge in [0.25, 0.3) is 0 Å². The molecule has 1 aromatic carbocycles. The fourth-order valence-corrected chi connectivity index (χ4v) is 2.54. The molecule has 2 amide bonds. The number of anilines is 1. The number of amides is 2. The summed E-state index contributed by atoms with van der Waals surface area (Å²) in [5, 5.41) is 5.26. The molecule has 0 fully saturated rings. The van der Waals surface area contributed by atoms with E-state index in [0.29, 0.717) is 18.8 Å². The van der Waals surface area contributed by atoms with E-state index >= 15 is 0 Å². The zero-order valence-corrected chi connectivity index (χ0v) is 15.6. The van der Waals surface area contributed by atoms with Gasteiger partial charge in [-0.2, -0.15) is 0 Å². The van der Waals surface area contributed by atoms with E-state index in [4.69, 9.17) is 4.74 Å². The first-order valence-corrected chi connectivity index (χ1v) is 9.15. The van der Waals surface area contributed by atoms with Gasteiger partial charge in [-0.05, 0) is 70.1 Å². The topological polar surface area (TPSA) is 70.7 Å². The Morgan fingerprint density at radius 2 is 1.60 bits per heavy atom. The smallest absolute Gasteiger partial charge is 0.313 e. The molecule has 2 N–H and O–H groups in total. The third-order valence-corrected chi connectivity index (χ3v) is 3.65. The monoisotopic (exact) mass is 349 g/mol. The number of hydrogen-bond acceptors (Lipinski definition) is 4. The number of rotatable bonds is 11. The molecule has 0 unspecified atom stereocenters. The van der Waals surface area contributed by atoms with Crippen LogP contribution in [0, 0.1) is 0 Å². The van der Waals surface area contributed by atoms with E-state index in [-0.39, 0.29) is 0 Å². The molecule has 0 aromatic heterocycles. The van der Waals surface area contributed by atoms with Crippen molar-refractivity contribution >= 4 is 17.5 Å². The van der Waals surface area contributed by atoms with Crippen LogP contribution in [0.3, 0.4) is 0 Å². The van der Waals surface area contributed by atoms with Crippen molar-refractivity contribution in [2.75, 3.05) is 38.1 Å². The largest absolute Gasteiger partial charge is 0.494 e. The highest BCUT2D eigenvalue weighted by Crippen LogP contribution is 2.15. The second kappa shape index (κ2) is 12.3. The van der Waals surface area contributed by atoms with Crippen molar-refractivity contribution in [3.63, 3.8) is 0 Å². The summed E-state index contributed by atoms with van der Waals surface area (Å²) < 4.78 is 5.34. The summed E-state index contributed by atoms with van der Waals surface area (Å²) in [7, 11) is 0. The van der Waals surface area contributed by atoms with Crippen molar-refractivity contribution in [2.45, 2.75) is 40.0 Å². The van der Waals surface area contributed by atoms with Gasteiger partial charge in [-0.15, -0.1) is 0 Å². The van der Waals surface area contributed by atoms with Gasteiger partial charge in [0.15, 0.2) is 0 Å². The van der Waals surface area contributed by atoms with Crippen molar-refractivity contribution in [2.24, 2.45) is 0 Å². The van der Waals surface area contributed by atoms with Gasteiger partial charge < -0.3 is 20.3 Å². The first kappa shape index (κ1) is 21.0. The highest BCUT2D eigenvalue weighted by molar-refractivity contribution is 6.39. The first-order chi connectivity index (χ1) is 12.1. The predicted molar refractivity (Wildman–Crippen MR) is 101 cm³/mol. The summed E-state index contributed by atoms with van der Waals surface area (Å²) in [6.45, 7) is 10.4. The maximum absolute atomic E-state index is 11.9. The molecule has 0 aliphatic heterocycles. The van der Waals surface area contributed by atoms with E-state index in [1.165, 1.54) is 0 Å². The minimum atomic E-state index is -0.650. The van der Waals surface area contributed by atoms with Crippen LogP contribution in [0.15, 0.2) is 24.3 Å². The number of carbonyl (C=O) groups excluding carboxylic acids is 2. The molecule has 0 aliphatic carbocycles. The van der Waals surface area contributed by atoms with E-state index in [1.54, 1.807) is 24.3 Å². The average Bonchev–Trinajstić information content (AvgIpc) is 2.60. The summed E-state index contributed by atoms with van der Waals surface area (Å²) in [4.78, 5) is 26.1. The molecule has 0 bridgehead atoms. The Bertz CT molecular complexity index is 511. The summed E-state index contributed by atoms with van der Waals surface area (Å²) >= 11 is 0. The van der Waals surface area contributed by atoms with Crippen molar-refractivity contribution < 1.29 is 14.3 Å². The standard InChI is InChI=1S/C19H31N3O3/c1-4-13-22(14-5-2)15-7-12-20-18(23)19(24)21-16-8-10-17(11-9-16)25-6-3/h8-11H,4-7,12-15H2,1-3H3,(H,20,23)(H,21,24). The van der Waals surface area contributed by atoms with Gasteiger partial charge in [-0.3, -0.25) is 9.59 Å². The lowest BCUT2D eigenvalue weighted by molar-refractivity contribution is -0.136. The van der Waals surface area contributed by atoms with E-state index < -0.39 is 11.8 Å². The lowest BCUT2D eigenvalue weighted by Gasteiger charge is -2.20. The van der Waals surface area contributed by atoms with Gasteiger partial charge in [0.2, 0.25) is 0 Å². The van der Waals surface area contributed by atoms with Crippen molar-refractivity contribution in [1.82, 2.24) is 10.2 Å². The van der Waals surface area contributed by atoms with Gasteiger partial charge in [0.1, 0.15) is 5.75 Å². The van der Waals surface area contributed by atoms with Gasteiger partial charge in [0.05, 0.1) is 6.61 Å². The van der Waals surface area contributed by atoms with E-state index in [0.717, 1.165) is 44.6 Å². The fraction of sp³-hybridized carbons (Fsp3) is 0.579. The molecule has 0 spiro atoms. The SMILES string of the molecule is CCCN(CCC)CCCNC(=O)C(=O)Nc1ccc(OCC)cc1. The lowest BCUT2D eigenvalue weighted by Crippen LogP contribution is -2.37. The van der Waals surface area contributed by atoms with Crippen LogP contribution < -0.4 is 15.4 Å². The summed E-state index contributed by atoms with van der Waals surface area (Å²) in [5.41, 5.74) is 0.570. The van der Waals surface area contributed by atoms with Crippen LogP contribution in [0.2, 0.25) is 0 Å². The van der Waals surface area contributed by atoms with Crippen molar-refractivity contribution in [1.29, 1.82) is 0 Å². The van der Waals surface area contributed by atoms with Crippen LogP contribution in [0.4, 0.5) is 5.69 Å². The molecule has 25 heavy (non-hydrogen) atoms. The minimum absolute atomic E-state index is 0.499. The van der Waals surface area contributed by atoms with Gasteiger partial charge >= 0.3 is 11.8 Å². The molecular weight excluding hydrogens is 318 g/mol. The third-order valence-electron chi connectivity index (χ3n) is 3.65. The Morgan fingerprint density at radius 3 is 2.16 bits per heavy atom. The summed E-state index contributed by atoms with van der Waals surface area (Å²) in [6, 6.07) is 6.94. The van der Waals surface area contributed by atoms with E-state index in [1.807, 2.05) is 6.92 Å². The number of ether oxygens (including phenoxy) is 1. The van der Waals surface area contributed by atoms with E-state index in [2.05, 4.69) is 29.4 Å². The Kier molecular flexibility index (Phi) is 10.3. The molecule has 1 rings (SSSR count). The van der Waals surface area contributed by atoms with Crippen LogP contribution in [0.25, 0.3) is 0 Å². The minimum Gasteiger partial charge on any atom is -0.494 e. The molecule has 0 aliphatic rings. The average molecular weight is 349 g/mol. The third kappa shape index (κ3) is 8.54. The van der Waals surface area contributed by atoms with Crippen LogP contribution in [0.5, 0.6) is 5.75 Å². The van der Waals surface area contributed by atoms with Crippen LogP contribution in [-0.2, 0) is 9.59 Å². The van der Waals surface area contributed by atoms with Gasteiger partial charge in [0, 0.05) is 12.2 Å². The first-order valence-electron chi connectivity index (χ1n) is 9.15. The Balaban J connectivity index is 2.30. The molecule has 0 saturated carbocycles. The zero-order chi connectivity index (χ0) is 18.5. The molecule has 0 heterocycles. The van der Waals surface area contributed by atoms with Gasteiger partial charge in [-0.1, -0.05) is 13.8 Å². The molecule has 6 nitrogen and oxygen atoms in total. The van der Waals surface area contributed by atoms with E-state index in [9.17, 15) is 9.59 Å². The second-order valence-electron chi connectivity index (χ2n) is 5.86.